The normalized spacial score (nSPS) is 11.2. The van der Waals surface area contributed by atoms with Gasteiger partial charge < -0.3 is 4.90 Å². The van der Waals surface area contributed by atoms with E-state index in [-0.39, 0.29) is 16.3 Å². The number of fused-ring (bicyclic) bond motifs is 1. The Balaban J connectivity index is 2.01. The second-order valence-corrected chi connectivity index (χ2v) is 8.50. The fourth-order valence-corrected chi connectivity index (χ4v) is 4.23. The standard InChI is InChI=1S/C19H18Cl2N4O3S/c1-23(2)8-3-9-24(19-22-16-7-4-12(20)10-17(16)29-19)18(26)14-11-13(25(27)28)5-6-15(14)21/h4-7,10-11H,3,8-9H2,1-2H3. The third-order valence-corrected chi connectivity index (χ3v) is 5.80. The largest absolute Gasteiger partial charge is 0.309 e. The molecular formula is C19H18Cl2N4O3S. The van der Waals surface area contributed by atoms with Crippen LogP contribution in [0.5, 0.6) is 0 Å². The molecule has 0 atom stereocenters. The Labute approximate surface area is 181 Å². The van der Waals surface area contributed by atoms with Crippen molar-refractivity contribution in [2.45, 2.75) is 6.42 Å². The minimum Gasteiger partial charge on any atom is -0.309 e. The van der Waals surface area contributed by atoms with Gasteiger partial charge in [0.25, 0.3) is 11.6 Å². The van der Waals surface area contributed by atoms with Gasteiger partial charge in [-0.2, -0.15) is 0 Å². The number of non-ortho nitro benzene ring substituents is 1. The van der Waals surface area contributed by atoms with E-state index in [2.05, 4.69) is 4.98 Å². The van der Waals surface area contributed by atoms with E-state index >= 15 is 0 Å². The van der Waals surface area contributed by atoms with Gasteiger partial charge in [0.15, 0.2) is 5.13 Å². The number of rotatable bonds is 7. The molecule has 10 heteroatoms. The number of benzene rings is 2. The second-order valence-electron chi connectivity index (χ2n) is 6.64. The monoisotopic (exact) mass is 452 g/mol. The highest BCUT2D eigenvalue weighted by Gasteiger charge is 2.25. The lowest BCUT2D eigenvalue weighted by molar-refractivity contribution is -0.384. The average Bonchev–Trinajstić information content (AvgIpc) is 3.07. The Morgan fingerprint density at radius 2 is 1.93 bits per heavy atom. The summed E-state index contributed by atoms with van der Waals surface area (Å²) in [5.74, 6) is -0.428. The Bertz CT molecular complexity index is 1070. The van der Waals surface area contributed by atoms with Crippen molar-refractivity contribution in [3.63, 3.8) is 0 Å². The van der Waals surface area contributed by atoms with E-state index in [1.807, 2.05) is 19.0 Å². The van der Waals surface area contributed by atoms with Crippen LogP contribution >= 0.6 is 34.5 Å². The number of carbonyl (C=O) groups excluding carboxylic acids is 1. The van der Waals surface area contributed by atoms with Gasteiger partial charge in [-0.05, 0) is 51.3 Å². The molecule has 0 fully saturated rings. The first-order valence-corrected chi connectivity index (χ1v) is 10.3. The Kier molecular flexibility index (Phi) is 6.69. The lowest BCUT2D eigenvalue weighted by Crippen LogP contribution is -2.33. The van der Waals surface area contributed by atoms with E-state index < -0.39 is 10.8 Å². The maximum absolute atomic E-state index is 13.3. The molecule has 1 heterocycles. The van der Waals surface area contributed by atoms with E-state index in [1.165, 1.54) is 34.4 Å². The maximum Gasteiger partial charge on any atom is 0.270 e. The zero-order chi connectivity index (χ0) is 21.1. The molecule has 3 aromatic rings. The number of nitro groups is 1. The number of nitrogens with zero attached hydrogens (tertiary/aromatic N) is 4. The number of thiazole rings is 1. The van der Waals surface area contributed by atoms with Gasteiger partial charge in [0.1, 0.15) is 0 Å². The molecule has 152 valence electrons. The van der Waals surface area contributed by atoms with Crippen molar-refractivity contribution < 1.29 is 9.72 Å². The Morgan fingerprint density at radius 3 is 2.62 bits per heavy atom. The zero-order valence-corrected chi connectivity index (χ0v) is 18.1. The summed E-state index contributed by atoms with van der Waals surface area (Å²) in [5.41, 5.74) is 0.607. The van der Waals surface area contributed by atoms with Crippen molar-refractivity contribution in [3.05, 3.63) is 62.1 Å². The van der Waals surface area contributed by atoms with Crippen molar-refractivity contribution in [1.29, 1.82) is 0 Å². The minimum atomic E-state index is -0.552. The molecule has 0 spiro atoms. The fourth-order valence-electron chi connectivity index (χ4n) is 2.77. The van der Waals surface area contributed by atoms with Gasteiger partial charge in [-0.3, -0.25) is 19.8 Å². The molecular weight excluding hydrogens is 435 g/mol. The number of aromatic nitrogens is 1. The number of anilines is 1. The molecule has 0 aliphatic carbocycles. The number of hydrogen-bond acceptors (Lipinski definition) is 6. The summed E-state index contributed by atoms with van der Waals surface area (Å²) >= 11 is 13.6. The first-order chi connectivity index (χ1) is 13.8. The maximum atomic E-state index is 13.3. The molecule has 0 aliphatic heterocycles. The molecule has 0 saturated carbocycles. The molecule has 7 nitrogen and oxygen atoms in total. The summed E-state index contributed by atoms with van der Waals surface area (Å²) in [6.45, 7) is 1.16. The molecule has 2 aromatic carbocycles. The molecule has 3 rings (SSSR count). The second kappa shape index (κ2) is 9.04. The Hall–Kier alpha value is -2.26. The Morgan fingerprint density at radius 1 is 1.17 bits per heavy atom. The van der Waals surface area contributed by atoms with Crippen LogP contribution in [0.3, 0.4) is 0 Å². The van der Waals surface area contributed by atoms with Crippen LogP contribution in [0.25, 0.3) is 10.2 Å². The highest BCUT2D eigenvalue weighted by atomic mass is 35.5. The summed E-state index contributed by atoms with van der Waals surface area (Å²) < 4.78 is 0.850. The quantitative estimate of drug-likeness (QED) is 0.367. The summed E-state index contributed by atoms with van der Waals surface area (Å²) in [7, 11) is 3.90. The van der Waals surface area contributed by atoms with Crippen LogP contribution in [0.15, 0.2) is 36.4 Å². The van der Waals surface area contributed by atoms with Gasteiger partial charge in [0.05, 0.1) is 25.7 Å². The van der Waals surface area contributed by atoms with Gasteiger partial charge in [0, 0.05) is 23.7 Å². The smallest absolute Gasteiger partial charge is 0.270 e. The van der Waals surface area contributed by atoms with Gasteiger partial charge in [-0.15, -0.1) is 0 Å². The number of nitro benzene ring substituents is 1. The first kappa shape index (κ1) is 21.4. The van der Waals surface area contributed by atoms with Crippen LogP contribution in [0.4, 0.5) is 10.8 Å². The van der Waals surface area contributed by atoms with Gasteiger partial charge in [-0.25, -0.2) is 4.98 Å². The van der Waals surface area contributed by atoms with E-state index in [4.69, 9.17) is 23.2 Å². The molecule has 0 aliphatic rings. The number of carbonyl (C=O) groups is 1. The molecule has 0 unspecified atom stereocenters. The predicted molar refractivity (Wildman–Crippen MR) is 118 cm³/mol. The molecule has 0 N–H and O–H groups in total. The summed E-state index contributed by atoms with van der Waals surface area (Å²) in [5, 5.41) is 12.4. The van der Waals surface area contributed by atoms with Crippen LogP contribution < -0.4 is 4.90 Å². The van der Waals surface area contributed by atoms with Crippen LogP contribution in [0.1, 0.15) is 16.8 Å². The highest BCUT2D eigenvalue weighted by Crippen LogP contribution is 2.33. The van der Waals surface area contributed by atoms with Crippen LogP contribution in [-0.4, -0.2) is 47.9 Å². The predicted octanol–water partition coefficient (Wildman–Crippen LogP) is 5.11. The summed E-state index contributed by atoms with van der Waals surface area (Å²) in [6, 6.07) is 9.16. The van der Waals surface area contributed by atoms with Gasteiger partial charge in [0.2, 0.25) is 0 Å². The molecule has 0 bridgehead atoms. The third-order valence-electron chi connectivity index (χ3n) is 4.19. The lowest BCUT2D eigenvalue weighted by atomic mass is 10.1. The molecule has 0 saturated heterocycles. The molecule has 0 radical (unpaired) electrons. The van der Waals surface area contributed by atoms with E-state index in [0.29, 0.717) is 23.1 Å². The summed E-state index contributed by atoms with van der Waals surface area (Å²) in [4.78, 5) is 32.0. The van der Waals surface area contributed by atoms with Crippen molar-refractivity contribution in [1.82, 2.24) is 9.88 Å². The number of halogens is 2. The van der Waals surface area contributed by atoms with Crippen molar-refractivity contribution >= 4 is 61.5 Å². The minimum absolute atomic E-state index is 0.0722. The lowest BCUT2D eigenvalue weighted by Gasteiger charge is -2.21. The topological polar surface area (TPSA) is 79.6 Å². The van der Waals surface area contributed by atoms with Crippen molar-refractivity contribution in [2.75, 3.05) is 32.1 Å². The van der Waals surface area contributed by atoms with Crippen LogP contribution in [0.2, 0.25) is 10.0 Å². The van der Waals surface area contributed by atoms with Crippen LogP contribution in [-0.2, 0) is 0 Å². The van der Waals surface area contributed by atoms with E-state index in [1.54, 1.807) is 18.2 Å². The molecule has 1 amide bonds. The van der Waals surface area contributed by atoms with Gasteiger partial charge in [-0.1, -0.05) is 34.5 Å². The molecule has 29 heavy (non-hydrogen) atoms. The average molecular weight is 453 g/mol. The number of amides is 1. The van der Waals surface area contributed by atoms with Crippen molar-refractivity contribution in [3.8, 4) is 0 Å². The van der Waals surface area contributed by atoms with E-state index in [9.17, 15) is 14.9 Å². The fraction of sp³-hybridized carbons (Fsp3) is 0.263. The third kappa shape index (κ3) is 5.02. The SMILES string of the molecule is CN(C)CCCN(C(=O)c1cc([N+](=O)[O-])ccc1Cl)c1nc2ccc(Cl)cc2s1. The number of hydrogen-bond donors (Lipinski definition) is 0. The molecule has 1 aromatic heterocycles. The van der Waals surface area contributed by atoms with Crippen molar-refractivity contribution in [2.24, 2.45) is 0 Å². The first-order valence-electron chi connectivity index (χ1n) is 8.73. The highest BCUT2D eigenvalue weighted by molar-refractivity contribution is 7.22. The zero-order valence-electron chi connectivity index (χ0n) is 15.8. The van der Waals surface area contributed by atoms with Crippen LogP contribution in [0, 0.1) is 10.1 Å². The van der Waals surface area contributed by atoms with Gasteiger partial charge >= 0.3 is 0 Å². The summed E-state index contributed by atoms with van der Waals surface area (Å²) in [6.07, 6.45) is 0.696. The van der Waals surface area contributed by atoms with E-state index in [0.717, 1.165) is 16.8 Å².